The van der Waals surface area contributed by atoms with Crippen molar-refractivity contribution < 1.29 is 9.15 Å². The Bertz CT molecular complexity index is 3150. The van der Waals surface area contributed by atoms with E-state index in [2.05, 4.69) is 158 Å². The van der Waals surface area contributed by atoms with E-state index in [0.717, 1.165) is 74.8 Å². The van der Waals surface area contributed by atoms with Crippen LogP contribution in [-0.2, 0) is 6.42 Å². The molecule has 3 unspecified atom stereocenters. The normalized spacial score (nSPS) is 19.3. The highest BCUT2D eigenvalue weighted by Crippen LogP contribution is 2.48. The molecule has 12 rings (SSSR count). The highest BCUT2D eigenvalue weighted by molar-refractivity contribution is 6.07. The lowest BCUT2D eigenvalue weighted by atomic mass is 9.84. The van der Waals surface area contributed by atoms with E-state index in [1.54, 1.807) is 0 Å². The SMILES string of the molecule is C1=CC2Oc3ccccc3C2C(c2nc(C3=CCC(c4cccc5ccccc45)C=C3)nc(-c3cccc4c(C5=CCCc6oc7ccccc7c65)cccc34)n2)=C1. The van der Waals surface area contributed by atoms with Crippen LogP contribution >= 0.6 is 0 Å². The molecular weight excluding hydrogens is 711 g/mol. The van der Waals surface area contributed by atoms with Crippen molar-refractivity contribution in [1.29, 1.82) is 0 Å². The van der Waals surface area contributed by atoms with Gasteiger partial charge in [-0.3, -0.25) is 0 Å². The molecule has 0 saturated heterocycles. The van der Waals surface area contributed by atoms with Crippen molar-refractivity contribution in [3.8, 4) is 17.1 Å². The van der Waals surface area contributed by atoms with Crippen molar-refractivity contribution in [2.24, 2.45) is 0 Å². The summed E-state index contributed by atoms with van der Waals surface area (Å²) in [5.41, 5.74) is 10.0. The van der Waals surface area contributed by atoms with Crippen molar-refractivity contribution in [3.05, 3.63) is 210 Å². The van der Waals surface area contributed by atoms with Crippen LogP contribution in [0.15, 0.2) is 174 Å². The van der Waals surface area contributed by atoms with E-state index in [1.165, 1.54) is 33.0 Å². The first-order valence-corrected chi connectivity index (χ1v) is 20.3. The van der Waals surface area contributed by atoms with Crippen LogP contribution in [0.3, 0.4) is 0 Å². The maximum absolute atomic E-state index is 6.45. The lowest BCUT2D eigenvalue weighted by Crippen LogP contribution is -2.21. The monoisotopic (exact) mass is 747 g/mol. The van der Waals surface area contributed by atoms with Gasteiger partial charge in [-0.15, -0.1) is 0 Å². The fourth-order valence-electron chi connectivity index (χ4n) is 9.66. The van der Waals surface area contributed by atoms with Crippen molar-refractivity contribution in [2.75, 3.05) is 0 Å². The summed E-state index contributed by atoms with van der Waals surface area (Å²) in [4.78, 5) is 16.0. The Hall–Kier alpha value is -7.11. The first kappa shape index (κ1) is 33.1. The molecule has 5 heteroatoms. The van der Waals surface area contributed by atoms with Crippen molar-refractivity contribution in [1.82, 2.24) is 15.0 Å². The summed E-state index contributed by atoms with van der Waals surface area (Å²) in [5, 5.41) is 5.96. The average Bonchev–Trinajstić information content (AvgIpc) is 3.87. The minimum absolute atomic E-state index is 0.0211. The fourth-order valence-corrected chi connectivity index (χ4v) is 9.66. The second kappa shape index (κ2) is 13.2. The Labute approximate surface area is 336 Å². The molecule has 0 fully saturated rings. The molecule has 3 heterocycles. The molecule has 0 amide bonds. The summed E-state index contributed by atoms with van der Waals surface area (Å²) in [6.45, 7) is 0. The summed E-state index contributed by atoms with van der Waals surface area (Å²) in [5.74, 6) is 4.20. The predicted molar refractivity (Wildman–Crippen MR) is 234 cm³/mol. The molecule has 1 aliphatic heterocycles. The lowest BCUT2D eigenvalue weighted by Gasteiger charge is -2.23. The summed E-state index contributed by atoms with van der Waals surface area (Å²) in [6.07, 6.45) is 18.1. The van der Waals surface area contributed by atoms with Gasteiger partial charge in [0, 0.05) is 45.6 Å². The van der Waals surface area contributed by atoms with E-state index in [1.807, 2.05) is 12.1 Å². The van der Waals surface area contributed by atoms with Gasteiger partial charge in [-0.05, 0) is 69.3 Å². The smallest absolute Gasteiger partial charge is 0.164 e. The van der Waals surface area contributed by atoms with E-state index in [-0.39, 0.29) is 17.9 Å². The van der Waals surface area contributed by atoms with Crippen LogP contribution in [0.2, 0.25) is 0 Å². The Balaban J connectivity index is 1.000. The molecule has 6 aromatic carbocycles. The zero-order chi connectivity index (χ0) is 38.2. The number of aromatic nitrogens is 3. The first-order chi connectivity index (χ1) is 28.7. The minimum Gasteiger partial charge on any atom is -0.485 e. The van der Waals surface area contributed by atoms with Crippen molar-refractivity contribution >= 4 is 49.2 Å². The largest absolute Gasteiger partial charge is 0.485 e. The average molecular weight is 748 g/mol. The maximum atomic E-state index is 6.45. The van der Waals surface area contributed by atoms with Crippen molar-refractivity contribution in [2.45, 2.75) is 37.2 Å². The van der Waals surface area contributed by atoms with Gasteiger partial charge in [-0.1, -0.05) is 152 Å². The van der Waals surface area contributed by atoms with Gasteiger partial charge in [0.15, 0.2) is 17.5 Å². The van der Waals surface area contributed by atoms with Crippen LogP contribution in [0.4, 0.5) is 0 Å². The number of aryl methyl sites for hydroxylation is 1. The van der Waals surface area contributed by atoms with Gasteiger partial charge in [0.1, 0.15) is 23.2 Å². The number of rotatable bonds is 5. The van der Waals surface area contributed by atoms with E-state index in [0.29, 0.717) is 17.5 Å². The second-order valence-corrected chi connectivity index (χ2v) is 15.6. The molecule has 3 aliphatic carbocycles. The van der Waals surface area contributed by atoms with Crippen LogP contribution in [0.5, 0.6) is 5.75 Å². The number of nitrogens with zero attached hydrogens (tertiary/aromatic N) is 3. The number of furan rings is 1. The molecule has 0 bridgehead atoms. The molecular formula is C53H37N3O2. The number of ether oxygens (including phenoxy) is 1. The summed E-state index contributed by atoms with van der Waals surface area (Å²) < 4.78 is 12.8. The van der Waals surface area contributed by atoms with Crippen LogP contribution in [-0.4, -0.2) is 21.1 Å². The van der Waals surface area contributed by atoms with Crippen molar-refractivity contribution in [3.63, 3.8) is 0 Å². The molecule has 8 aromatic rings. The van der Waals surface area contributed by atoms with Gasteiger partial charge in [0.05, 0.1) is 5.92 Å². The number of hydrogen-bond donors (Lipinski definition) is 0. The second-order valence-electron chi connectivity index (χ2n) is 15.6. The van der Waals surface area contributed by atoms with Gasteiger partial charge in [-0.2, -0.15) is 0 Å². The van der Waals surface area contributed by atoms with E-state index < -0.39 is 0 Å². The molecule has 0 N–H and O–H groups in total. The third-order valence-electron chi connectivity index (χ3n) is 12.3. The molecule has 0 spiro atoms. The molecule has 276 valence electrons. The number of para-hydroxylation sites is 2. The topological polar surface area (TPSA) is 61.0 Å². The fraction of sp³-hybridized carbons (Fsp3) is 0.113. The van der Waals surface area contributed by atoms with Gasteiger partial charge < -0.3 is 9.15 Å². The van der Waals surface area contributed by atoms with Gasteiger partial charge in [-0.25, -0.2) is 15.0 Å². The molecule has 2 aromatic heterocycles. The zero-order valence-electron chi connectivity index (χ0n) is 31.7. The van der Waals surface area contributed by atoms with Gasteiger partial charge in [0.2, 0.25) is 0 Å². The van der Waals surface area contributed by atoms with Crippen LogP contribution < -0.4 is 4.74 Å². The zero-order valence-corrected chi connectivity index (χ0v) is 31.7. The summed E-state index contributed by atoms with van der Waals surface area (Å²) >= 11 is 0. The number of fused-ring (bicyclic) bond motifs is 8. The highest BCUT2D eigenvalue weighted by atomic mass is 16.5. The highest BCUT2D eigenvalue weighted by Gasteiger charge is 2.38. The molecule has 58 heavy (non-hydrogen) atoms. The molecule has 0 radical (unpaired) electrons. The van der Waals surface area contributed by atoms with Gasteiger partial charge >= 0.3 is 0 Å². The Kier molecular flexibility index (Phi) is 7.55. The van der Waals surface area contributed by atoms with E-state index in [9.17, 15) is 0 Å². The number of benzene rings is 6. The maximum Gasteiger partial charge on any atom is 0.164 e. The predicted octanol–water partition coefficient (Wildman–Crippen LogP) is 12.6. The summed E-state index contributed by atoms with van der Waals surface area (Å²) in [6, 6.07) is 45.1. The standard InChI is InChI=1S/C53H37N3O2/c1-2-14-35-32(12-1)13-7-17-36(35)33-28-30-34(31-29-33)51-54-52(56-53(55-51)44-23-11-27-48-50(44)43-16-4-6-25-46(43)58-48)41-22-9-18-37-38(19-8-20-39(37)41)40-21-10-26-47-49(40)42-15-3-5-24-45(42)57-47/h1-9,11-25,27-28,30-31,33,48,50H,10,26,29H2. The minimum atomic E-state index is -0.121. The molecule has 5 nitrogen and oxygen atoms in total. The first-order valence-electron chi connectivity index (χ1n) is 20.3. The van der Waals surface area contributed by atoms with Gasteiger partial charge in [0.25, 0.3) is 0 Å². The van der Waals surface area contributed by atoms with E-state index in [4.69, 9.17) is 24.1 Å². The van der Waals surface area contributed by atoms with E-state index >= 15 is 0 Å². The molecule has 3 atom stereocenters. The number of hydrogen-bond acceptors (Lipinski definition) is 5. The van der Waals surface area contributed by atoms with Crippen LogP contribution in [0.25, 0.3) is 60.6 Å². The third kappa shape index (κ3) is 5.27. The number of allylic oxidation sites excluding steroid dienone is 7. The lowest BCUT2D eigenvalue weighted by molar-refractivity contribution is 0.271. The Morgan fingerprint density at radius 3 is 2.22 bits per heavy atom. The molecule has 4 aliphatic rings. The third-order valence-corrected chi connectivity index (χ3v) is 12.3. The Morgan fingerprint density at radius 2 is 1.31 bits per heavy atom. The quantitative estimate of drug-likeness (QED) is 0.175. The van der Waals surface area contributed by atoms with Crippen LogP contribution in [0, 0.1) is 0 Å². The summed E-state index contributed by atoms with van der Waals surface area (Å²) in [7, 11) is 0. The van der Waals surface area contributed by atoms with Crippen LogP contribution in [0.1, 0.15) is 64.3 Å². The Morgan fingerprint density at radius 1 is 0.586 bits per heavy atom. The molecule has 0 saturated carbocycles.